The van der Waals surface area contributed by atoms with Crippen LogP contribution in [0.5, 0.6) is 0 Å². The third-order valence-corrected chi connectivity index (χ3v) is 5.43. The van der Waals surface area contributed by atoms with Crippen LogP contribution in [0.3, 0.4) is 0 Å². The number of hydrogen-bond donors (Lipinski definition) is 0. The maximum absolute atomic E-state index is 12.7. The number of hydroxylamine groups is 2. The number of carbonyl (C=O) groups excluding carboxylic acids is 1. The summed E-state index contributed by atoms with van der Waals surface area (Å²) in [6.45, 7) is 4.86. The van der Waals surface area contributed by atoms with Crippen LogP contribution in [0.15, 0.2) is 23.0 Å². The average Bonchev–Trinajstić information content (AvgIpc) is 3.14. The third kappa shape index (κ3) is 3.50. The van der Waals surface area contributed by atoms with Crippen molar-refractivity contribution in [2.24, 2.45) is 11.8 Å². The first-order chi connectivity index (χ1) is 11.8. The highest BCUT2D eigenvalue weighted by Gasteiger charge is 2.39. The average molecular weight is 334 g/mol. The van der Waals surface area contributed by atoms with Crippen LogP contribution in [0.1, 0.15) is 31.2 Å². The number of nitrogens with zero attached hydrogens (tertiary/aromatic N) is 2. The Morgan fingerprint density at radius 1 is 1.29 bits per heavy atom. The number of hydrogen-bond acceptors (Lipinski definition) is 5. The molecule has 3 aliphatic heterocycles. The van der Waals surface area contributed by atoms with Crippen molar-refractivity contribution in [1.82, 2.24) is 9.96 Å². The first-order valence-corrected chi connectivity index (χ1v) is 9.09. The van der Waals surface area contributed by atoms with E-state index in [0.717, 1.165) is 51.9 Å². The van der Waals surface area contributed by atoms with E-state index >= 15 is 0 Å². The van der Waals surface area contributed by atoms with E-state index in [1.165, 1.54) is 5.56 Å². The van der Waals surface area contributed by atoms with Gasteiger partial charge in [-0.1, -0.05) is 0 Å². The van der Waals surface area contributed by atoms with Gasteiger partial charge in [0, 0.05) is 31.7 Å². The lowest BCUT2D eigenvalue weighted by molar-refractivity contribution is -0.208. The Labute approximate surface area is 142 Å². The predicted octanol–water partition coefficient (Wildman–Crippen LogP) is 2.06. The van der Waals surface area contributed by atoms with Gasteiger partial charge in [-0.2, -0.15) is 0 Å². The van der Waals surface area contributed by atoms with Crippen LogP contribution in [0, 0.1) is 11.8 Å². The van der Waals surface area contributed by atoms with Crippen molar-refractivity contribution >= 4 is 5.91 Å². The molecule has 1 aromatic rings. The third-order valence-electron chi connectivity index (χ3n) is 5.43. The number of furan rings is 1. The van der Waals surface area contributed by atoms with Gasteiger partial charge in [-0.3, -0.25) is 14.5 Å². The fourth-order valence-electron chi connectivity index (χ4n) is 4.14. The quantitative estimate of drug-likeness (QED) is 0.847. The van der Waals surface area contributed by atoms with Crippen LogP contribution in [0.4, 0.5) is 0 Å². The molecule has 132 valence electrons. The van der Waals surface area contributed by atoms with Gasteiger partial charge in [0.05, 0.1) is 37.8 Å². The van der Waals surface area contributed by atoms with Gasteiger partial charge in [-0.05, 0) is 37.7 Å². The SMILES string of the molecule is O=C([C@H]1CO[C@H]2CCN(Cc3ccoc3)C[C@H]2C1)N1CCCCO1. The highest BCUT2D eigenvalue weighted by molar-refractivity contribution is 5.78. The molecule has 3 fully saturated rings. The van der Waals surface area contributed by atoms with Crippen molar-refractivity contribution in [2.45, 2.75) is 38.3 Å². The van der Waals surface area contributed by atoms with Gasteiger partial charge in [-0.15, -0.1) is 0 Å². The molecule has 3 aliphatic rings. The fourth-order valence-corrected chi connectivity index (χ4v) is 4.14. The van der Waals surface area contributed by atoms with Crippen molar-refractivity contribution in [1.29, 1.82) is 0 Å². The van der Waals surface area contributed by atoms with Crippen molar-refractivity contribution in [2.75, 3.05) is 32.8 Å². The number of ether oxygens (including phenoxy) is 1. The molecule has 3 atom stereocenters. The number of rotatable bonds is 3. The Morgan fingerprint density at radius 3 is 3.04 bits per heavy atom. The molecular weight excluding hydrogens is 308 g/mol. The number of fused-ring (bicyclic) bond motifs is 1. The van der Waals surface area contributed by atoms with Gasteiger partial charge in [0.2, 0.25) is 0 Å². The topological polar surface area (TPSA) is 55.2 Å². The Morgan fingerprint density at radius 2 is 2.25 bits per heavy atom. The van der Waals surface area contributed by atoms with Crippen molar-refractivity contribution in [3.8, 4) is 0 Å². The molecule has 1 amide bonds. The van der Waals surface area contributed by atoms with E-state index in [1.54, 1.807) is 11.3 Å². The van der Waals surface area contributed by atoms with Crippen LogP contribution in [0.2, 0.25) is 0 Å². The number of piperidine rings is 1. The zero-order valence-electron chi connectivity index (χ0n) is 14.1. The summed E-state index contributed by atoms with van der Waals surface area (Å²) >= 11 is 0. The largest absolute Gasteiger partial charge is 0.472 e. The molecule has 0 aromatic carbocycles. The lowest BCUT2D eigenvalue weighted by Crippen LogP contribution is -2.51. The smallest absolute Gasteiger partial charge is 0.251 e. The molecule has 24 heavy (non-hydrogen) atoms. The summed E-state index contributed by atoms with van der Waals surface area (Å²) in [5.41, 5.74) is 1.21. The predicted molar refractivity (Wildman–Crippen MR) is 86.8 cm³/mol. The molecule has 4 heterocycles. The van der Waals surface area contributed by atoms with Gasteiger partial charge >= 0.3 is 0 Å². The molecule has 0 unspecified atom stereocenters. The standard InChI is InChI=1S/C18H26N2O4/c21-18(20-5-1-2-7-24-20)16-9-15-11-19(6-3-17(15)23-13-16)10-14-4-8-22-12-14/h4,8,12,15-17H,1-3,5-7,9-11,13H2/t15-,16-,17+/m1/s1. The second kappa shape index (κ2) is 7.25. The number of carbonyl (C=O) groups is 1. The van der Waals surface area contributed by atoms with Crippen molar-refractivity contribution in [3.63, 3.8) is 0 Å². The Hall–Kier alpha value is -1.37. The Bertz CT molecular complexity index is 541. The first-order valence-electron chi connectivity index (χ1n) is 9.09. The summed E-state index contributed by atoms with van der Waals surface area (Å²) in [5.74, 6) is 0.483. The summed E-state index contributed by atoms with van der Waals surface area (Å²) in [4.78, 5) is 20.6. The van der Waals surface area contributed by atoms with E-state index in [1.807, 2.05) is 12.3 Å². The van der Waals surface area contributed by atoms with Gasteiger partial charge in [0.25, 0.3) is 5.91 Å². The maximum Gasteiger partial charge on any atom is 0.251 e. The van der Waals surface area contributed by atoms with Gasteiger partial charge < -0.3 is 9.15 Å². The molecule has 6 nitrogen and oxygen atoms in total. The molecule has 1 aromatic heterocycles. The van der Waals surface area contributed by atoms with E-state index < -0.39 is 0 Å². The minimum Gasteiger partial charge on any atom is -0.472 e. The van der Waals surface area contributed by atoms with E-state index in [2.05, 4.69) is 4.90 Å². The van der Waals surface area contributed by atoms with Crippen molar-refractivity contribution < 1.29 is 18.8 Å². The second-order valence-corrected chi connectivity index (χ2v) is 7.20. The minimum atomic E-state index is -0.0572. The summed E-state index contributed by atoms with van der Waals surface area (Å²) in [7, 11) is 0. The Kier molecular flexibility index (Phi) is 4.87. The zero-order valence-corrected chi connectivity index (χ0v) is 14.1. The van der Waals surface area contributed by atoms with Crippen LogP contribution in [-0.4, -0.2) is 54.8 Å². The van der Waals surface area contributed by atoms with Crippen LogP contribution < -0.4 is 0 Å². The Balaban J connectivity index is 1.34. The monoisotopic (exact) mass is 334 g/mol. The lowest BCUT2D eigenvalue weighted by Gasteiger charge is -2.43. The molecule has 6 heteroatoms. The molecule has 0 N–H and O–H groups in total. The van der Waals surface area contributed by atoms with Crippen LogP contribution in [-0.2, 0) is 20.9 Å². The van der Waals surface area contributed by atoms with E-state index in [-0.39, 0.29) is 11.8 Å². The summed E-state index contributed by atoms with van der Waals surface area (Å²) in [6.07, 6.45) is 7.86. The summed E-state index contributed by atoms with van der Waals surface area (Å²) in [5, 5.41) is 1.57. The molecule has 0 bridgehead atoms. The molecule has 0 radical (unpaired) electrons. The summed E-state index contributed by atoms with van der Waals surface area (Å²) < 4.78 is 11.2. The van der Waals surface area contributed by atoms with Gasteiger partial charge in [0.1, 0.15) is 0 Å². The van der Waals surface area contributed by atoms with E-state index in [4.69, 9.17) is 14.0 Å². The fraction of sp³-hybridized carbons (Fsp3) is 0.722. The molecule has 4 rings (SSSR count). The minimum absolute atomic E-state index is 0.0572. The highest BCUT2D eigenvalue weighted by atomic mass is 16.7. The molecular formula is C18H26N2O4. The lowest BCUT2D eigenvalue weighted by atomic mass is 9.83. The van der Waals surface area contributed by atoms with Gasteiger partial charge in [0.15, 0.2) is 0 Å². The van der Waals surface area contributed by atoms with Crippen LogP contribution in [0.25, 0.3) is 0 Å². The van der Waals surface area contributed by atoms with E-state index in [0.29, 0.717) is 25.2 Å². The van der Waals surface area contributed by atoms with Crippen LogP contribution >= 0.6 is 0 Å². The highest BCUT2D eigenvalue weighted by Crippen LogP contribution is 2.33. The first kappa shape index (κ1) is 16.1. The number of amides is 1. The number of likely N-dealkylation sites (tertiary alicyclic amines) is 1. The molecule has 0 saturated carbocycles. The maximum atomic E-state index is 12.7. The van der Waals surface area contributed by atoms with Crippen molar-refractivity contribution in [3.05, 3.63) is 24.2 Å². The van der Waals surface area contributed by atoms with Gasteiger partial charge in [-0.25, -0.2) is 5.06 Å². The molecule has 0 spiro atoms. The normalized spacial score (nSPS) is 31.7. The zero-order chi connectivity index (χ0) is 16.4. The molecule has 3 saturated heterocycles. The van der Waals surface area contributed by atoms with E-state index in [9.17, 15) is 4.79 Å². The molecule has 0 aliphatic carbocycles. The summed E-state index contributed by atoms with van der Waals surface area (Å²) in [6, 6.07) is 2.02. The second-order valence-electron chi connectivity index (χ2n) is 7.20.